The lowest BCUT2D eigenvalue weighted by Gasteiger charge is -2.21. The number of carbonyl (C=O) groups is 1. The van der Waals surface area contributed by atoms with Gasteiger partial charge in [-0.3, -0.25) is 19.4 Å². The van der Waals surface area contributed by atoms with Crippen molar-refractivity contribution in [2.75, 3.05) is 10.6 Å². The van der Waals surface area contributed by atoms with Gasteiger partial charge < -0.3 is 16.4 Å². The monoisotopic (exact) mass is 302 g/mol. The number of nitrogens with one attached hydrogen (secondary N) is 2. The zero-order chi connectivity index (χ0) is 16.3. The van der Waals surface area contributed by atoms with Crippen LogP contribution in [-0.4, -0.2) is 16.9 Å². The van der Waals surface area contributed by atoms with Gasteiger partial charge in [0.05, 0.1) is 0 Å². The minimum Gasteiger partial charge on any atom is -0.369 e. The second-order valence-electron chi connectivity index (χ2n) is 5.50. The first-order valence-electron chi connectivity index (χ1n) is 6.96. The highest BCUT2D eigenvalue weighted by Crippen LogP contribution is 2.21. The van der Waals surface area contributed by atoms with Crippen molar-refractivity contribution in [3.8, 4) is 0 Å². The fourth-order valence-corrected chi connectivity index (χ4v) is 2.12. The van der Waals surface area contributed by atoms with E-state index in [1.807, 2.05) is 13.8 Å². The molecule has 1 aromatic heterocycles. The van der Waals surface area contributed by atoms with E-state index in [9.17, 15) is 14.4 Å². The van der Waals surface area contributed by atoms with Crippen molar-refractivity contribution in [3.05, 3.63) is 45.0 Å². The van der Waals surface area contributed by atoms with Crippen LogP contribution in [0.15, 0.2) is 34.1 Å². The molecule has 0 aliphatic carbocycles. The van der Waals surface area contributed by atoms with Crippen molar-refractivity contribution in [2.45, 2.75) is 26.3 Å². The van der Waals surface area contributed by atoms with Crippen molar-refractivity contribution in [1.29, 1.82) is 0 Å². The highest BCUT2D eigenvalue weighted by molar-refractivity contribution is 5.86. The second kappa shape index (κ2) is 6.38. The van der Waals surface area contributed by atoms with Crippen LogP contribution < -0.4 is 27.2 Å². The molecule has 4 N–H and O–H groups in total. The third-order valence-corrected chi connectivity index (χ3v) is 3.23. The summed E-state index contributed by atoms with van der Waals surface area (Å²) >= 11 is 0. The minimum absolute atomic E-state index is 0.103. The molecule has 0 aliphatic rings. The second-order valence-corrected chi connectivity index (χ2v) is 5.50. The molecule has 0 saturated carbocycles. The summed E-state index contributed by atoms with van der Waals surface area (Å²) in [5, 5.41) is 5.65. The maximum Gasteiger partial charge on any atom is 0.253 e. The number of hydrogen-bond donors (Lipinski definition) is 3. The molecule has 0 aliphatic heterocycles. The fourth-order valence-electron chi connectivity index (χ4n) is 2.12. The molecule has 7 heteroatoms. The van der Waals surface area contributed by atoms with E-state index in [1.165, 1.54) is 0 Å². The number of rotatable bonds is 7. The predicted molar refractivity (Wildman–Crippen MR) is 84.9 cm³/mol. The van der Waals surface area contributed by atoms with Crippen LogP contribution in [0.4, 0.5) is 17.1 Å². The molecule has 0 radical (unpaired) electrons. The number of amides is 1. The van der Waals surface area contributed by atoms with E-state index in [2.05, 4.69) is 15.6 Å². The quantitative estimate of drug-likeness (QED) is 0.650. The van der Waals surface area contributed by atoms with Gasteiger partial charge in [0.15, 0.2) is 0 Å². The molecular formula is C15H18N4O3. The van der Waals surface area contributed by atoms with Gasteiger partial charge in [-0.15, -0.1) is 0 Å². The maximum absolute atomic E-state index is 11.7. The van der Waals surface area contributed by atoms with Crippen LogP contribution in [0.2, 0.25) is 0 Å². The highest BCUT2D eigenvalue weighted by atomic mass is 16.2. The van der Waals surface area contributed by atoms with Crippen LogP contribution in [0, 0.1) is 5.92 Å². The Labute approximate surface area is 127 Å². The van der Waals surface area contributed by atoms with E-state index in [0.717, 1.165) is 0 Å². The molecule has 2 aromatic rings. The van der Waals surface area contributed by atoms with Gasteiger partial charge in [0.1, 0.15) is 17.4 Å². The number of anilines is 3. The zero-order valence-corrected chi connectivity index (χ0v) is 12.4. The molecular weight excluding hydrogens is 284 g/mol. The lowest BCUT2D eigenvalue weighted by Crippen LogP contribution is -2.43. The molecule has 1 aromatic carbocycles. The fraction of sp³-hybridized carbons (Fsp3) is 0.333. The van der Waals surface area contributed by atoms with Gasteiger partial charge in [0, 0.05) is 18.1 Å². The summed E-state index contributed by atoms with van der Waals surface area (Å²) in [7, 11) is 0. The van der Waals surface area contributed by atoms with Gasteiger partial charge in [0.25, 0.3) is 10.9 Å². The van der Waals surface area contributed by atoms with Crippen LogP contribution in [-0.2, 0) is 4.79 Å². The van der Waals surface area contributed by atoms with Crippen LogP contribution in [0.1, 0.15) is 20.3 Å². The molecule has 0 bridgehead atoms. The number of nitrogens with two attached hydrogens (primary N) is 1. The van der Waals surface area contributed by atoms with E-state index < -0.39 is 22.8 Å². The summed E-state index contributed by atoms with van der Waals surface area (Å²) < 4.78 is 0. The summed E-state index contributed by atoms with van der Waals surface area (Å²) in [6, 6.07) is 2.64. The Hall–Kier alpha value is -2.70. The highest BCUT2D eigenvalue weighted by Gasteiger charge is 2.26. The Morgan fingerprint density at radius 1 is 1.18 bits per heavy atom. The van der Waals surface area contributed by atoms with Crippen molar-refractivity contribution in [1.82, 2.24) is 4.98 Å². The normalized spacial score (nSPS) is 12.3. The first-order chi connectivity index (χ1) is 10.4. The van der Waals surface area contributed by atoms with Gasteiger partial charge in [-0.25, -0.2) is 0 Å². The van der Waals surface area contributed by atoms with E-state index in [4.69, 9.17) is 5.73 Å². The van der Waals surface area contributed by atoms with E-state index >= 15 is 0 Å². The molecule has 1 atom stereocenters. The summed E-state index contributed by atoms with van der Waals surface area (Å²) in [6.07, 6.45) is 3.60. The van der Waals surface area contributed by atoms with Crippen molar-refractivity contribution >= 4 is 23.0 Å². The van der Waals surface area contributed by atoms with Crippen LogP contribution >= 0.6 is 0 Å². The van der Waals surface area contributed by atoms with Gasteiger partial charge in [0.2, 0.25) is 5.91 Å². The van der Waals surface area contributed by atoms with Gasteiger partial charge in [-0.05, 0) is 24.5 Å². The lowest BCUT2D eigenvalue weighted by atomic mass is 10.0. The van der Waals surface area contributed by atoms with Crippen molar-refractivity contribution < 1.29 is 4.79 Å². The molecule has 0 spiro atoms. The average Bonchev–Trinajstić information content (AvgIpc) is 2.49. The topological polar surface area (TPSA) is 114 Å². The molecule has 1 heterocycles. The zero-order valence-electron chi connectivity index (χ0n) is 12.4. The Kier molecular flexibility index (Phi) is 4.55. The lowest BCUT2D eigenvalue weighted by molar-refractivity contribution is -0.119. The Morgan fingerprint density at radius 3 is 2.32 bits per heavy atom. The summed E-state index contributed by atoms with van der Waals surface area (Å²) in [5.74, 6) is -0.343. The molecule has 0 unspecified atom stereocenters. The molecule has 2 rings (SSSR count). The van der Waals surface area contributed by atoms with Crippen LogP contribution in [0.25, 0.3) is 0 Å². The third kappa shape index (κ3) is 3.30. The minimum atomic E-state index is -0.693. The molecule has 7 nitrogen and oxygen atoms in total. The van der Waals surface area contributed by atoms with Gasteiger partial charge in [-0.2, -0.15) is 0 Å². The smallest absolute Gasteiger partial charge is 0.253 e. The molecule has 0 saturated heterocycles. The molecule has 0 fully saturated rings. The SMILES string of the molecule is CC(C)C[C@H](Nc1c(Nc2ccncc2)c(=O)c1=O)C(N)=O. The number of nitrogens with zero attached hydrogens (tertiary/aromatic N) is 1. The Bertz CT molecular complexity index is 733. The Morgan fingerprint density at radius 2 is 1.77 bits per heavy atom. The van der Waals surface area contributed by atoms with E-state index in [1.54, 1.807) is 24.5 Å². The predicted octanol–water partition coefficient (Wildman–Crippen LogP) is 0.733. The van der Waals surface area contributed by atoms with Crippen molar-refractivity contribution in [2.24, 2.45) is 11.7 Å². The van der Waals surface area contributed by atoms with E-state index in [0.29, 0.717) is 12.1 Å². The largest absolute Gasteiger partial charge is 0.369 e. The first-order valence-corrected chi connectivity index (χ1v) is 6.96. The number of pyridine rings is 1. The standard InChI is InChI=1S/C15H18N4O3/c1-8(2)7-10(15(16)22)19-12-11(13(20)14(12)21)18-9-3-5-17-6-4-9/h3-6,8,10,19H,7H2,1-2H3,(H2,16,22)(H,17,18)/t10-/m0/s1. The van der Waals surface area contributed by atoms with Crippen molar-refractivity contribution in [3.63, 3.8) is 0 Å². The number of hydrogen-bond acceptors (Lipinski definition) is 6. The third-order valence-electron chi connectivity index (χ3n) is 3.23. The Balaban J connectivity index is 2.21. The average molecular weight is 302 g/mol. The first kappa shape index (κ1) is 15.7. The summed E-state index contributed by atoms with van der Waals surface area (Å²) in [6.45, 7) is 3.88. The number of primary amides is 1. The number of aromatic nitrogens is 1. The molecule has 22 heavy (non-hydrogen) atoms. The molecule has 116 valence electrons. The maximum atomic E-state index is 11.7. The molecule has 1 amide bonds. The van der Waals surface area contributed by atoms with Crippen LogP contribution in [0.3, 0.4) is 0 Å². The van der Waals surface area contributed by atoms with Gasteiger partial charge in [-0.1, -0.05) is 13.8 Å². The summed E-state index contributed by atoms with van der Waals surface area (Å²) in [4.78, 5) is 38.8. The van der Waals surface area contributed by atoms with Crippen LogP contribution in [0.5, 0.6) is 0 Å². The van der Waals surface area contributed by atoms with Gasteiger partial charge >= 0.3 is 0 Å². The number of carbonyl (C=O) groups excluding carboxylic acids is 1. The van der Waals surface area contributed by atoms with E-state index in [-0.39, 0.29) is 17.3 Å². The summed E-state index contributed by atoms with van der Waals surface area (Å²) in [5.41, 5.74) is 4.95.